The molecule has 188 valence electrons. The average molecular weight is 501 g/mol. The van der Waals surface area contributed by atoms with Gasteiger partial charge in [-0.3, -0.25) is 14.4 Å². The monoisotopic (exact) mass is 500 g/mol. The summed E-state index contributed by atoms with van der Waals surface area (Å²) < 4.78 is 26.1. The highest BCUT2D eigenvalue weighted by atomic mass is 32.2. The third-order valence-corrected chi connectivity index (χ3v) is 6.67. The van der Waals surface area contributed by atoms with Crippen LogP contribution >= 0.6 is 0 Å². The quantitative estimate of drug-likeness (QED) is 0.379. The first kappa shape index (κ1) is 26.4. The van der Waals surface area contributed by atoms with E-state index in [-0.39, 0.29) is 17.7 Å². The molecule has 0 aromatic heterocycles. The summed E-state index contributed by atoms with van der Waals surface area (Å²) in [4.78, 5) is 40.9. The third kappa shape index (κ3) is 7.37. The van der Waals surface area contributed by atoms with Crippen molar-refractivity contribution in [3.8, 4) is 0 Å². The summed E-state index contributed by atoms with van der Waals surface area (Å²) in [5.41, 5.74) is 0.628. The molecule has 2 aromatic rings. The van der Waals surface area contributed by atoms with Crippen LogP contribution in [-0.4, -0.2) is 81.0 Å². The first-order chi connectivity index (χ1) is 16.7. The Labute approximate surface area is 206 Å². The number of hydrogen-bond donors (Lipinski definition) is 2. The number of fused-ring (bicyclic) bond motifs is 1. The molecule has 0 unspecified atom stereocenters. The summed E-state index contributed by atoms with van der Waals surface area (Å²) >= 11 is 0. The molecule has 0 aliphatic carbocycles. The van der Waals surface area contributed by atoms with Gasteiger partial charge in [-0.15, -0.1) is 0 Å². The molecule has 1 atom stereocenters. The van der Waals surface area contributed by atoms with Gasteiger partial charge in [-0.25, -0.2) is 13.1 Å². The second-order valence-corrected chi connectivity index (χ2v) is 10.4. The van der Waals surface area contributed by atoms with Gasteiger partial charge in [-0.05, 0) is 42.2 Å². The number of unbranched alkanes of at least 4 members (excludes halogenated alkanes) is 1. The Bertz CT molecular complexity index is 1180. The highest BCUT2D eigenvalue weighted by Gasteiger charge is 2.30. The standard InChI is InChI=1S/C25H32N4O5S/c1-3-23(30)26-14-7-6-13-22(27-35(2,33)34)25(32)29-17-15-28(16-18-29)24(31)21-12-8-10-19-9-4-5-11-20(19)21/h3-5,8-12,22,27H,1,6-7,13-18H2,2H3,(H,26,30)/t22-/m0/s1. The topological polar surface area (TPSA) is 116 Å². The van der Waals surface area contributed by atoms with Crippen molar-refractivity contribution in [1.82, 2.24) is 19.8 Å². The summed E-state index contributed by atoms with van der Waals surface area (Å²) in [6.45, 7) is 5.19. The van der Waals surface area contributed by atoms with Gasteiger partial charge in [0.25, 0.3) is 5.91 Å². The van der Waals surface area contributed by atoms with Crippen LogP contribution in [0.5, 0.6) is 0 Å². The molecule has 2 aromatic carbocycles. The Morgan fingerprint density at radius 1 is 1.00 bits per heavy atom. The number of amides is 3. The first-order valence-corrected chi connectivity index (χ1v) is 13.5. The van der Waals surface area contributed by atoms with Crippen molar-refractivity contribution in [3.63, 3.8) is 0 Å². The number of nitrogens with one attached hydrogen (secondary N) is 2. The molecule has 3 rings (SSSR count). The molecule has 0 spiro atoms. The van der Waals surface area contributed by atoms with Gasteiger partial charge in [0, 0.05) is 38.3 Å². The normalized spacial score (nSPS) is 15.0. The van der Waals surface area contributed by atoms with Gasteiger partial charge in [0.05, 0.1) is 6.26 Å². The third-order valence-electron chi connectivity index (χ3n) is 5.96. The van der Waals surface area contributed by atoms with E-state index in [9.17, 15) is 22.8 Å². The van der Waals surface area contributed by atoms with Gasteiger partial charge in [-0.2, -0.15) is 0 Å². The smallest absolute Gasteiger partial charge is 0.254 e. The molecular formula is C25H32N4O5S. The van der Waals surface area contributed by atoms with Crippen LogP contribution in [0.25, 0.3) is 10.8 Å². The molecule has 1 saturated heterocycles. The Kier molecular flexibility index (Phi) is 9.00. The molecule has 35 heavy (non-hydrogen) atoms. The number of sulfonamides is 1. The maximum atomic E-state index is 13.2. The molecule has 3 amide bonds. The lowest BCUT2D eigenvalue weighted by Crippen LogP contribution is -2.55. The summed E-state index contributed by atoms with van der Waals surface area (Å²) in [7, 11) is -3.59. The van der Waals surface area contributed by atoms with Crippen LogP contribution in [0.1, 0.15) is 29.6 Å². The highest BCUT2D eigenvalue weighted by Crippen LogP contribution is 2.21. The van der Waals surface area contributed by atoms with Crippen molar-refractivity contribution in [2.24, 2.45) is 0 Å². The number of carbonyl (C=O) groups is 3. The van der Waals surface area contributed by atoms with Gasteiger partial charge in [0.1, 0.15) is 6.04 Å². The van der Waals surface area contributed by atoms with Gasteiger partial charge >= 0.3 is 0 Å². The van der Waals surface area contributed by atoms with Crippen molar-refractivity contribution < 1.29 is 22.8 Å². The SMILES string of the molecule is C=CC(=O)NCCCC[C@H](NS(C)(=O)=O)C(=O)N1CCN(C(=O)c2cccc3ccccc23)CC1. The molecule has 1 aliphatic heterocycles. The van der Waals surface area contributed by atoms with Crippen molar-refractivity contribution in [3.05, 3.63) is 60.7 Å². The van der Waals surface area contributed by atoms with Crippen LogP contribution < -0.4 is 10.0 Å². The van der Waals surface area contributed by atoms with E-state index in [0.717, 1.165) is 17.0 Å². The molecule has 10 heteroatoms. The number of carbonyl (C=O) groups excluding carboxylic acids is 3. The average Bonchev–Trinajstić information content (AvgIpc) is 2.85. The number of nitrogens with zero attached hydrogens (tertiary/aromatic N) is 2. The van der Waals surface area contributed by atoms with E-state index in [0.29, 0.717) is 57.5 Å². The van der Waals surface area contributed by atoms with Gasteiger partial charge in [0.2, 0.25) is 21.8 Å². The Morgan fingerprint density at radius 3 is 2.34 bits per heavy atom. The van der Waals surface area contributed by atoms with E-state index in [2.05, 4.69) is 16.6 Å². The molecule has 1 fully saturated rings. The molecule has 2 N–H and O–H groups in total. The first-order valence-electron chi connectivity index (χ1n) is 11.6. The predicted molar refractivity (Wildman–Crippen MR) is 135 cm³/mol. The highest BCUT2D eigenvalue weighted by molar-refractivity contribution is 7.88. The fourth-order valence-corrected chi connectivity index (χ4v) is 4.92. The zero-order chi connectivity index (χ0) is 25.4. The van der Waals surface area contributed by atoms with Crippen LogP contribution in [0.3, 0.4) is 0 Å². The fraction of sp³-hybridized carbons (Fsp3) is 0.400. The minimum atomic E-state index is -3.59. The number of benzene rings is 2. The van der Waals surface area contributed by atoms with Crippen molar-refractivity contribution in [2.75, 3.05) is 39.0 Å². The maximum absolute atomic E-state index is 13.2. The molecular weight excluding hydrogens is 468 g/mol. The van der Waals surface area contributed by atoms with Crippen molar-refractivity contribution in [2.45, 2.75) is 25.3 Å². The zero-order valence-electron chi connectivity index (χ0n) is 19.9. The van der Waals surface area contributed by atoms with E-state index in [4.69, 9.17) is 0 Å². The lowest BCUT2D eigenvalue weighted by atomic mass is 10.0. The maximum Gasteiger partial charge on any atom is 0.254 e. The molecule has 1 aliphatic rings. The molecule has 1 heterocycles. The second-order valence-electron chi connectivity index (χ2n) is 8.58. The van der Waals surface area contributed by atoms with Crippen LogP contribution in [0.4, 0.5) is 0 Å². The molecule has 0 bridgehead atoms. The summed E-state index contributed by atoms with van der Waals surface area (Å²) in [5.74, 6) is -0.660. The second kappa shape index (κ2) is 11.9. The van der Waals surface area contributed by atoms with E-state index >= 15 is 0 Å². The Hall–Kier alpha value is -3.24. The van der Waals surface area contributed by atoms with Gasteiger partial charge in [0.15, 0.2) is 0 Å². The fourth-order valence-electron chi connectivity index (χ4n) is 4.18. The lowest BCUT2D eigenvalue weighted by Gasteiger charge is -2.36. The molecule has 0 radical (unpaired) electrons. The van der Waals surface area contributed by atoms with Gasteiger partial charge in [-0.1, -0.05) is 43.0 Å². The van der Waals surface area contributed by atoms with E-state index < -0.39 is 16.1 Å². The van der Waals surface area contributed by atoms with Crippen LogP contribution in [-0.2, 0) is 19.6 Å². The Morgan fingerprint density at radius 2 is 1.66 bits per heavy atom. The minimum Gasteiger partial charge on any atom is -0.353 e. The van der Waals surface area contributed by atoms with Crippen LogP contribution in [0.2, 0.25) is 0 Å². The number of hydrogen-bond acceptors (Lipinski definition) is 5. The van der Waals surface area contributed by atoms with E-state index in [1.165, 1.54) is 6.08 Å². The predicted octanol–water partition coefficient (Wildman–Crippen LogP) is 1.51. The van der Waals surface area contributed by atoms with E-state index in [1.807, 2.05) is 42.5 Å². The molecule has 9 nitrogen and oxygen atoms in total. The van der Waals surface area contributed by atoms with Crippen molar-refractivity contribution >= 4 is 38.5 Å². The van der Waals surface area contributed by atoms with Crippen LogP contribution in [0.15, 0.2) is 55.1 Å². The zero-order valence-corrected chi connectivity index (χ0v) is 20.7. The lowest BCUT2D eigenvalue weighted by molar-refractivity contribution is -0.134. The summed E-state index contributed by atoms with van der Waals surface area (Å²) in [6.07, 6.45) is 3.67. The minimum absolute atomic E-state index is 0.0821. The largest absolute Gasteiger partial charge is 0.353 e. The summed E-state index contributed by atoms with van der Waals surface area (Å²) in [5, 5.41) is 4.54. The number of rotatable bonds is 10. The summed E-state index contributed by atoms with van der Waals surface area (Å²) in [6, 6.07) is 12.5. The Balaban J connectivity index is 1.59. The number of piperazine rings is 1. The van der Waals surface area contributed by atoms with Crippen LogP contribution in [0, 0.1) is 0 Å². The van der Waals surface area contributed by atoms with Crippen molar-refractivity contribution in [1.29, 1.82) is 0 Å². The van der Waals surface area contributed by atoms with E-state index in [1.54, 1.807) is 9.80 Å². The van der Waals surface area contributed by atoms with Gasteiger partial charge < -0.3 is 15.1 Å². The molecule has 0 saturated carbocycles.